The zero-order valence-electron chi connectivity index (χ0n) is 8.72. The Morgan fingerprint density at radius 1 is 1.41 bits per heavy atom. The van der Waals surface area contributed by atoms with Crippen LogP contribution >= 0.6 is 10.7 Å². The molecule has 1 amide bonds. The van der Waals surface area contributed by atoms with Crippen molar-refractivity contribution in [2.75, 3.05) is 11.9 Å². The van der Waals surface area contributed by atoms with Crippen LogP contribution < -0.4 is 5.32 Å². The molecule has 1 aromatic carbocycles. The number of hydrogen-bond acceptors (Lipinski definition) is 4. The third kappa shape index (κ3) is 4.46. The van der Waals surface area contributed by atoms with Crippen molar-refractivity contribution in [3.63, 3.8) is 0 Å². The standard InChI is InChI=1S/C10H10ClNO4S/c1-2-7-16-10(13)12-8-3-5-9(6-4-8)17(11,14)15/h2-6H,1,7H2,(H,12,13). The Bertz CT molecular complexity index is 510. The second-order valence-corrected chi connectivity index (χ2v) is 5.54. The molecule has 0 radical (unpaired) electrons. The molecule has 17 heavy (non-hydrogen) atoms. The zero-order valence-corrected chi connectivity index (χ0v) is 10.3. The van der Waals surface area contributed by atoms with Crippen molar-refractivity contribution in [1.82, 2.24) is 0 Å². The smallest absolute Gasteiger partial charge is 0.411 e. The number of carbonyl (C=O) groups excluding carboxylic acids is 1. The molecule has 0 fully saturated rings. The first-order chi connectivity index (χ1) is 7.93. The molecule has 0 bridgehead atoms. The highest BCUT2D eigenvalue weighted by Gasteiger charge is 2.09. The monoisotopic (exact) mass is 275 g/mol. The van der Waals surface area contributed by atoms with Gasteiger partial charge in [-0.1, -0.05) is 12.7 Å². The summed E-state index contributed by atoms with van der Waals surface area (Å²) in [5.74, 6) is 0. The maximum absolute atomic E-state index is 11.1. The molecule has 1 aromatic rings. The summed E-state index contributed by atoms with van der Waals surface area (Å²) >= 11 is 0. The number of halogens is 1. The van der Waals surface area contributed by atoms with Crippen molar-refractivity contribution >= 4 is 31.5 Å². The van der Waals surface area contributed by atoms with Gasteiger partial charge in [0.1, 0.15) is 6.61 Å². The summed E-state index contributed by atoms with van der Waals surface area (Å²) < 4.78 is 26.6. The minimum atomic E-state index is -3.75. The molecule has 5 nitrogen and oxygen atoms in total. The molecule has 0 saturated carbocycles. The SMILES string of the molecule is C=CCOC(=O)Nc1ccc(S(=O)(=O)Cl)cc1. The molecule has 1 rings (SSSR count). The summed E-state index contributed by atoms with van der Waals surface area (Å²) in [6.07, 6.45) is 0.786. The molecule has 7 heteroatoms. The first-order valence-corrected chi connectivity index (χ1v) is 6.84. The highest BCUT2D eigenvalue weighted by molar-refractivity contribution is 8.13. The van der Waals surface area contributed by atoms with E-state index in [-0.39, 0.29) is 11.5 Å². The Kier molecular flexibility index (Phi) is 4.53. The van der Waals surface area contributed by atoms with Crippen LogP contribution in [0.4, 0.5) is 10.5 Å². The average molecular weight is 276 g/mol. The summed E-state index contributed by atoms with van der Waals surface area (Å²) in [6, 6.07) is 5.38. The average Bonchev–Trinajstić information content (AvgIpc) is 2.26. The molecule has 0 unspecified atom stereocenters. The molecule has 0 aromatic heterocycles. The summed E-state index contributed by atoms with van der Waals surface area (Å²) in [4.78, 5) is 11.1. The molecule has 1 N–H and O–H groups in total. The number of rotatable bonds is 4. The molecule has 0 saturated heterocycles. The first-order valence-electron chi connectivity index (χ1n) is 4.53. The third-order valence-electron chi connectivity index (χ3n) is 1.71. The molecular weight excluding hydrogens is 266 g/mol. The number of benzene rings is 1. The lowest BCUT2D eigenvalue weighted by Crippen LogP contribution is -2.13. The van der Waals surface area contributed by atoms with Crippen molar-refractivity contribution in [2.24, 2.45) is 0 Å². The molecule has 0 heterocycles. The van der Waals surface area contributed by atoms with Crippen LogP contribution in [0.3, 0.4) is 0 Å². The van der Waals surface area contributed by atoms with E-state index < -0.39 is 15.1 Å². The Balaban J connectivity index is 2.69. The largest absolute Gasteiger partial charge is 0.445 e. The highest BCUT2D eigenvalue weighted by Crippen LogP contribution is 2.17. The van der Waals surface area contributed by atoms with Gasteiger partial charge in [-0.05, 0) is 24.3 Å². The maximum atomic E-state index is 11.1. The van der Waals surface area contributed by atoms with Crippen LogP contribution in [0, 0.1) is 0 Å². The molecular formula is C10H10ClNO4S. The summed E-state index contributed by atoms with van der Waals surface area (Å²) in [5, 5.41) is 2.41. The summed E-state index contributed by atoms with van der Waals surface area (Å²) in [5.41, 5.74) is 0.406. The van der Waals surface area contributed by atoms with E-state index in [9.17, 15) is 13.2 Å². The van der Waals surface area contributed by atoms with Crippen molar-refractivity contribution in [3.05, 3.63) is 36.9 Å². The topological polar surface area (TPSA) is 72.5 Å². The first kappa shape index (κ1) is 13.5. The van der Waals surface area contributed by atoms with Crippen LogP contribution in [0.2, 0.25) is 0 Å². The van der Waals surface area contributed by atoms with E-state index in [1.165, 1.54) is 30.3 Å². The normalized spacial score (nSPS) is 10.6. The summed E-state index contributed by atoms with van der Waals surface area (Å²) in [6.45, 7) is 3.49. The zero-order chi connectivity index (χ0) is 12.9. The van der Waals surface area contributed by atoms with E-state index in [0.29, 0.717) is 5.69 Å². The van der Waals surface area contributed by atoms with Gasteiger partial charge >= 0.3 is 6.09 Å². The van der Waals surface area contributed by atoms with Crippen molar-refractivity contribution in [1.29, 1.82) is 0 Å². The number of carbonyl (C=O) groups is 1. The van der Waals surface area contributed by atoms with Crippen LogP contribution in [0.5, 0.6) is 0 Å². The van der Waals surface area contributed by atoms with Crippen molar-refractivity contribution < 1.29 is 17.9 Å². The predicted molar refractivity (Wildman–Crippen MR) is 64.6 cm³/mol. The highest BCUT2D eigenvalue weighted by atomic mass is 35.7. The van der Waals surface area contributed by atoms with Crippen LogP contribution in [-0.2, 0) is 13.8 Å². The Morgan fingerprint density at radius 3 is 2.47 bits per heavy atom. The molecule has 0 aliphatic rings. The van der Waals surface area contributed by atoms with E-state index in [1.54, 1.807) is 0 Å². The lowest BCUT2D eigenvalue weighted by atomic mass is 10.3. The lowest BCUT2D eigenvalue weighted by Gasteiger charge is -2.05. The third-order valence-corrected chi connectivity index (χ3v) is 3.08. The van der Waals surface area contributed by atoms with Crippen LogP contribution in [0.25, 0.3) is 0 Å². The van der Waals surface area contributed by atoms with Gasteiger partial charge in [0.15, 0.2) is 0 Å². The maximum Gasteiger partial charge on any atom is 0.411 e. The minimum Gasteiger partial charge on any atom is -0.445 e. The van der Waals surface area contributed by atoms with E-state index in [2.05, 4.69) is 16.6 Å². The van der Waals surface area contributed by atoms with Gasteiger partial charge in [0.25, 0.3) is 9.05 Å². The second kappa shape index (κ2) is 5.70. The number of nitrogens with one attached hydrogen (secondary N) is 1. The van der Waals surface area contributed by atoms with Gasteiger partial charge in [-0.25, -0.2) is 13.2 Å². The van der Waals surface area contributed by atoms with Gasteiger partial charge < -0.3 is 4.74 Å². The molecule has 0 spiro atoms. The van der Waals surface area contributed by atoms with Gasteiger partial charge in [-0.2, -0.15) is 0 Å². The van der Waals surface area contributed by atoms with E-state index in [4.69, 9.17) is 10.7 Å². The quantitative estimate of drug-likeness (QED) is 0.676. The van der Waals surface area contributed by atoms with Gasteiger partial charge in [0.2, 0.25) is 0 Å². The fourth-order valence-electron chi connectivity index (χ4n) is 0.989. The number of hydrogen-bond donors (Lipinski definition) is 1. The van der Waals surface area contributed by atoms with Crippen LogP contribution in [0.1, 0.15) is 0 Å². The molecule has 92 valence electrons. The lowest BCUT2D eigenvalue weighted by molar-refractivity contribution is 0.174. The van der Waals surface area contributed by atoms with Gasteiger partial charge in [-0.15, -0.1) is 0 Å². The van der Waals surface area contributed by atoms with Crippen molar-refractivity contribution in [3.8, 4) is 0 Å². The van der Waals surface area contributed by atoms with Crippen molar-refractivity contribution in [2.45, 2.75) is 4.90 Å². The van der Waals surface area contributed by atoms with E-state index in [0.717, 1.165) is 0 Å². The number of amides is 1. The number of anilines is 1. The Hall–Kier alpha value is -1.53. The van der Waals surface area contributed by atoms with Crippen LogP contribution in [-0.4, -0.2) is 21.1 Å². The van der Waals surface area contributed by atoms with Crippen LogP contribution in [0.15, 0.2) is 41.8 Å². The van der Waals surface area contributed by atoms with Gasteiger partial charge in [0.05, 0.1) is 4.90 Å². The Morgan fingerprint density at radius 2 is 2.00 bits per heavy atom. The fourth-order valence-corrected chi connectivity index (χ4v) is 1.76. The Labute approximate surface area is 103 Å². The number of ether oxygens (including phenoxy) is 1. The second-order valence-electron chi connectivity index (χ2n) is 2.97. The summed E-state index contributed by atoms with van der Waals surface area (Å²) in [7, 11) is 1.39. The van der Waals surface area contributed by atoms with Gasteiger partial charge in [-0.3, -0.25) is 5.32 Å². The molecule has 0 aliphatic carbocycles. The fraction of sp³-hybridized carbons (Fsp3) is 0.100. The molecule has 0 atom stereocenters. The predicted octanol–water partition coefficient (Wildman–Crippen LogP) is 2.35. The van der Waals surface area contributed by atoms with Gasteiger partial charge in [0, 0.05) is 16.4 Å². The van der Waals surface area contributed by atoms with E-state index in [1.807, 2.05) is 0 Å². The minimum absolute atomic E-state index is 0.0378. The molecule has 0 aliphatic heterocycles. The van der Waals surface area contributed by atoms with E-state index >= 15 is 0 Å².